The van der Waals surface area contributed by atoms with Crippen LogP contribution >= 0.6 is 0 Å². The van der Waals surface area contributed by atoms with Crippen molar-refractivity contribution in [1.29, 1.82) is 0 Å². The lowest BCUT2D eigenvalue weighted by Gasteiger charge is -2.25. The van der Waals surface area contributed by atoms with E-state index in [1.165, 1.54) is 76.5 Å². The zero-order valence-electron chi connectivity index (χ0n) is 24.8. The average molecular weight is 521 g/mol. The summed E-state index contributed by atoms with van der Waals surface area (Å²) in [6, 6.07) is 32.4. The number of rotatable bonds is 14. The molecule has 0 aromatic heterocycles. The smallest absolute Gasteiger partial charge is 0.0419 e. The molecule has 0 heterocycles. The highest BCUT2D eigenvalue weighted by Crippen LogP contribution is 2.39. The Kier molecular flexibility index (Phi) is 10.5. The average Bonchev–Trinajstić information content (AvgIpc) is 2.98. The first-order valence-electron chi connectivity index (χ1n) is 15.3. The summed E-state index contributed by atoms with van der Waals surface area (Å²) >= 11 is 0. The van der Waals surface area contributed by atoms with Crippen molar-refractivity contribution in [2.45, 2.75) is 78.6 Å². The lowest BCUT2D eigenvalue weighted by molar-refractivity contribution is 0.541. The standard InChI is InChI=1S/C37H48N2/c1-6-11-15-28(14-7-2)29-18-20-30(21-19-29)37(31-22-24-32(25-23-31)39(9-4)10-5)35-26-27-36(38-8-3)34-17-13-12-16-33(34)35/h12-13,16-28,37-38H,6-11,14-15H2,1-5H3. The van der Waals surface area contributed by atoms with E-state index in [1.54, 1.807) is 0 Å². The lowest BCUT2D eigenvalue weighted by Crippen LogP contribution is -2.21. The molecule has 2 heteroatoms. The SMILES string of the molecule is CCCCC(CCC)c1ccc(C(c2ccc(N(CC)CC)cc2)c2ccc(NCC)c3ccccc23)cc1. The Bertz CT molecular complexity index is 1290. The zero-order chi connectivity index (χ0) is 27.6. The van der Waals surface area contributed by atoms with E-state index < -0.39 is 0 Å². The van der Waals surface area contributed by atoms with Gasteiger partial charge in [-0.25, -0.2) is 0 Å². The van der Waals surface area contributed by atoms with Crippen LogP contribution in [0.25, 0.3) is 10.8 Å². The van der Waals surface area contributed by atoms with Crippen LogP contribution in [0, 0.1) is 0 Å². The Morgan fingerprint density at radius 1 is 0.615 bits per heavy atom. The predicted octanol–water partition coefficient (Wildman–Crippen LogP) is 10.4. The molecule has 39 heavy (non-hydrogen) atoms. The minimum absolute atomic E-state index is 0.172. The van der Waals surface area contributed by atoms with E-state index in [9.17, 15) is 0 Å². The van der Waals surface area contributed by atoms with E-state index in [2.05, 4.69) is 130 Å². The van der Waals surface area contributed by atoms with Gasteiger partial charge < -0.3 is 10.2 Å². The predicted molar refractivity (Wildman–Crippen MR) is 173 cm³/mol. The summed E-state index contributed by atoms with van der Waals surface area (Å²) < 4.78 is 0. The number of fused-ring (bicyclic) bond motifs is 1. The maximum Gasteiger partial charge on any atom is 0.0419 e. The zero-order valence-corrected chi connectivity index (χ0v) is 24.8. The van der Waals surface area contributed by atoms with Gasteiger partial charge in [-0.3, -0.25) is 0 Å². The number of nitrogens with one attached hydrogen (secondary N) is 1. The molecule has 0 aliphatic rings. The quantitative estimate of drug-likeness (QED) is 0.166. The largest absolute Gasteiger partial charge is 0.385 e. The molecule has 0 radical (unpaired) electrons. The molecule has 0 amide bonds. The summed E-state index contributed by atoms with van der Waals surface area (Å²) in [6.45, 7) is 14.2. The number of nitrogens with zero attached hydrogens (tertiary/aromatic N) is 1. The molecule has 206 valence electrons. The second-order valence-corrected chi connectivity index (χ2v) is 10.8. The van der Waals surface area contributed by atoms with Crippen molar-refractivity contribution in [2.75, 3.05) is 29.9 Å². The van der Waals surface area contributed by atoms with Crippen LogP contribution in [0.4, 0.5) is 11.4 Å². The first-order chi connectivity index (χ1) is 19.1. The Hall–Kier alpha value is -3.26. The van der Waals surface area contributed by atoms with Crippen LogP contribution in [-0.2, 0) is 0 Å². The van der Waals surface area contributed by atoms with E-state index in [-0.39, 0.29) is 5.92 Å². The number of benzene rings is 4. The second kappa shape index (κ2) is 14.2. The van der Waals surface area contributed by atoms with Crippen LogP contribution < -0.4 is 10.2 Å². The van der Waals surface area contributed by atoms with Crippen LogP contribution in [0.1, 0.15) is 101 Å². The van der Waals surface area contributed by atoms with Crippen LogP contribution in [-0.4, -0.2) is 19.6 Å². The number of hydrogen-bond donors (Lipinski definition) is 1. The molecule has 4 aromatic carbocycles. The van der Waals surface area contributed by atoms with E-state index >= 15 is 0 Å². The summed E-state index contributed by atoms with van der Waals surface area (Å²) in [7, 11) is 0. The topological polar surface area (TPSA) is 15.3 Å². The summed E-state index contributed by atoms with van der Waals surface area (Å²) in [4.78, 5) is 2.42. The summed E-state index contributed by atoms with van der Waals surface area (Å²) in [5, 5.41) is 6.19. The van der Waals surface area contributed by atoms with Gasteiger partial charge in [0.25, 0.3) is 0 Å². The fourth-order valence-corrected chi connectivity index (χ4v) is 6.17. The highest BCUT2D eigenvalue weighted by Gasteiger charge is 2.21. The third-order valence-corrected chi connectivity index (χ3v) is 8.28. The summed E-state index contributed by atoms with van der Waals surface area (Å²) in [6.07, 6.45) is 6.36. The molecule has 4 aromatic rings. The molecular formula is C37H48N2. The van der Waals surface area contributed by atoms with Gasteiger partial charge >= 0.3 is 0 Å². The van der Waals surface area contributed by atoms with Crippen molar-refractivity contribution in [3.8, 4) is 0 Å². The lowest BCUT2D eigenvalue weighted by atomic mass is 9.81. The fraction of sp³-hybridized carbons (Fsp3) is 0.405. The molecule has 0 saturated heterocycles. The molecule has 1 N–H and O–H groups in total. The molecule has 2 unspecified atom stereocenters. The molecular weight excluding hydrogens is 472 g/mol. The Balaban J connectivity index is 1.82. The maximum atomic E-state index is 3.57. The number of hydrogen-bond acceptors (Lipinski definition) is 2. The van der Waals surface area contributed by atoms with Gasteiger partial charge in [-0.2, -0.15) is 0 Å². The van der Waals surface area contributed by atoms with Crippen molar-refractivity contribution in [3.63, 3.8) is 0 Å². The van der Waals surface area contributed by atoms with Gasteiger partial charge in [0.05, 0.1) is 0 Å². The first kappa shape index (κ1) is 28.7. The van der Waals surface area contributed by atoms with Crippen molar-refractivity contribution in [2.24, 2.45) is 0 Å². The second-order valence-electron chi connectivity index (χ2n) is 10.8. The van der Waals surface area contributed by atoms with Gasteiger partial charge in [-0.15, -0.1) is 0 Å². The Morgan fingerprint density at radius 2 is 1.23 bits per heavy atom. The van der Waals surface area contributed by atoms with Gasteiger partial charge in [-0.05, 0) is 85.4 Å². The van der Waals surface area contributed by atoms with E-state index in [1.807, 2.05) is 0 Å². The molecule has 0 aliphatic heterocycles. The van der Waals surface area contributed by atoms with Gasteiger partial charge in [0.2, 0.25) is 0 Å². The van der Waals surface area contributed by atoms with Crippen molar-refractivity contribution in [3.05, 3.63) is 107 Å². The first-order valence-corrected chi connectivity index (χ1v) is 15.3. The third-order valence-electron chi connectivity index (χ3n) is 8.28. The highest BCUT2D eigenvalue weighted by atomic mass is 15.1. The Labute approximate surface area is 237 Å². The molecule has 0 saturated carbocycles. The van der Waals surface area contributed by atoms with E-state index in [0.29, 0.717) is 5.92 Å². The molecule has 4 rings (SSSR count). The molecule has 0 bridgehead atoms. The van der Waals surface area contributed by atoms with Crippen molar-refractivity contribution < 1.29 is 0 Å². The number of unbranched alkanes of at least 4 members (excludes halogenated alkanes) is 1. The van der Waals surface area contributed by atoms with Gasteiger partial charge in [0.1, 0.15) is 0 Å². The third kappa shape index (κ3) is 6.67. The van der Waals surface area contributed by atoms with Crippen LogP contribution in [0.5, 0.6) is 0 Å². The minimum Gasteiger partial charge on any atom is -0.385 e. The minimum atomic E-state index is 0.172. The van der Waals surface area contributed by atoms with Crippen molar-refractivity contribution >= 4 is 22.1 Å². The maximum absolute atomic E-state index is 3.57. The molecule has 2 nitrogen and oxygen atoms in total. The number of anilines is 2. The summed E-state index contributed by atoms with van der Waals surface area (Å²) in [5.74, 6) is 0.835. The molecule has 2 atom stereocenters. The van der Waals surface area contributed by atoms with Gasteiger partial charge in [0, 0.05) is 42.3 Å². The molecule has 0 spiro atoms. The van der Waals surface area contributed by atoms with Gasteiger partial charge in [0.15, 0.2) is 0 Å². The van der Waals surface area contributed by atoms with Crippen LogP contribution in [0.2, 0.25) is 0 Å². The highest BCUT2D eigenvalue weighted by molar-refractivity contribution is 5.97. The normalized spacial score (nSPS) is 12.8. The molecule has 0 fully saturated rings. The van der Waals surface area contributed by atoms with E-state index in [0.717, 1.165) is 19.6 Å². The Morgan fingerprint density at radius 3 is 1.82 bits per heavy atom. The summed E-state index contributed by atoms with van der Waals surface area (Å²) in [5.41, 5.74) is 8.07. The molecule has 0 aliphatic carbocycles. The van der Waals surface area contributed by atoms with Crippen LogP contribution in [0.3, 0.4) is 0 Å². The van der Waals surface area contributed by atoms with Gasteiger partial charge in [-0.1, -0.05) is 99.8 Å². The van der Waals surface area contributed by atoms with Crippen molar-refractivity contribution in [1.82, 2.24) is 0 Å². The van der Waals surface area contributed by atoms with Crippen LogP contribution in [0.15, 0.2) is 84.9 Å². The fourth-order valence-electron chi connectivity index (χ4n) is 6.17. The monoisotopic (exact) mass is 520 g/mol. The van der Waals surface area contributed by atoms with E-state index in [4.69, 9.17) is 0 Å².